The first-order valence-electron chi connectivity index (χ1n) is 4.02. The molecule has 1 heterocycles. The van der Waals surface area contributed by atoms with E-state index in [0.717, 1.165) is 0 Å². The van der Waals surface area contributed by atoms with E-state index in [1.807, 2.05) is 0 Å². The van der Waals surface area contributed by atoms with Crippen LogP contribution in [0.5, 0.6) is 5.75 Å². The molecule has 0 spiro atoms. The van der Waals surface area contributed by atoms with Crippen LogP contribution in [0.25, 0.3) is 0 Å². The molecule has 1 aromatic heterocycles. The van der Waals surface area contributed by atoms with E-state index in [0.29, 0.717) is 11.3 Å². The molecule has 0 aliphatic carbocycles. The molecule has 1 atom stereocenters. The summed E-state index contributed by atoms with van der Waals surface area (Å²) < 4.78 is 5.08. The van der Waals surface area contributed by atoms with E-state index in [1.165, 1.54) is 0 Å². The minimum Gasteiger partial charge on any atom is -0.496 e. The monoisotopic (exact) mass is 182 g/mol. The maximum absolute atomic E-state index is 9.86. The Morgan fingerprint density at radius 1 is 1.69 bits per heavy atom. The number of aliphatic hydroxyl groups is 1. The van der Waals surface area contributed by atoms with Gasteiger partial charge in [0.05, 0.1) is 7.11 Å². The summed E-state index contributed by atoms with van der Waals surface area (Å²) in [4.78, 5) is 3.91. The smallest absolute Gasteiger partial charge is 0.128 e. The van der Waals surface area contributed by atoms with Gasteiger partial charge in [-0.25, -0.2) is 0 Å². The topological polar surface area (TPSA) is 68.4 Å². The van der Waals surface area contributed by atoms with Gasteiger partial charge in [0.25, 0.3) is 0 Å². The SMILES string of the molecule is COc1ccncc1C(C)(O)CN. The largest absolute Gasteiger partial charge is 0.496 e. The number of aromatic nitrogens is 1. The van der Waals surface area contributed by atoms with E-state index >= 15 is 0 Å². The maximum atomic E-state index is 9.86. The van der Waals surface area contributed by atoms with Crippen LogP contribution in [0.1, 0.15) is 12.5 Å². The molecule has 0 radical (unpaired) electrons. The third kappa shape index (κ3) is 1.96. The summed E-state index contributed by atoms with van der Waals surface area (Å²) in [6.45, 7) is 1.77. The summed E-state index contributed by atoms with van der Waals surface area (Å²) in [6.07, 6.45) is 3.17. The minimum absolute atomic E-state index is 0.134. The molecule has 0 aromatic carbocycles. The van der Waals surface area contributed by atoms with Gasteiger partial charge in [0.15, 0.2) is 0 Å². The molecule has 13 heavy (non-hydrogen) atoms. The predicted octanol–water partition coefficient (Wildman–Crippen LogP) is 0.256. The molecule has 4 heteroatoms. The molecule has 1 rings (SSSR count). The van der Waals surface area contributed by atoms with Crippen molar-refractivity contribution in [3.8, 4) is 5.75 Å². The van der Waals surface area contributed by atoms with Gasteiger partial charge in [0.1, 0.15) is 11.4 Å². The van der Waals surface area contributed by atoms with Crippen LogP contribution in [0.4, 0.5) is 0 Å². The summed E-state index contributed by atoms with van der Waals surface area (Å²) in [5.74, 6) is 0.602. The number of hydrogen-bond donors (Lipinski definition) is 2. The van der Waals surface area contributed by atoms with E-state index < -0.39 is 5.60 Å². The van der Waals surface area contributed by atoms with Gasteiger partial charge in [-0.2, -0.15) is 0 Å². The van der Waals surface area contributed by atoms with Gasteiger partial charge in [-0.3, -0.25) is 4.98 Å². The lowest BCUT2D eigenvalue weighted by Gasteiger charge is -2.22. The first-order chi connectivity index (χ1) is 6.11. The van der Waals surface area contributed by atoms with Crippen molar-refractivity contribution in [1.82, 2.24) is 4.98 Å². The highest BCUT2D eigenvalue weighted by Gasteiger charge is 2.24. The molecule has 0 saturated carbocycles. The standard InChI is InChI=1S/C9H14N2O2/c1-9(12,6-10)7-5-11-4-3-8(7)13-2/h3-5,12H,6,10H2,1-2H3. The summed E-state index contributed by atoms with van der Waals surface area (Å²) in [6, 6.07) is 1.69. The van der Waals surface area contributed by atoms with Crippen molar-refractivity contribution >= 4 is 0 Å². The minimum atomic E-state index is -1.08. The Morgan fingerprint density at radius 2 is 2.38 bits per heavy atom. The van der Waals surface area contributed by atoms with Gasteiger partial charge >= 0.3 is 0 Å². The Labute approximate surface area is 77.4 Å². The van der Waals surface area contributed by atoms with Gasteiger partial charge in [-0.05, 0) is 13.0 Å². The molecule has 0 aliphatic rings. The summed E-state index contributed by atoms with van der Waals surface area (Å²) >= 11 is 0. The zero-order chi connectivity index (χ0) is 9.90. The summed E-state index contributed by atoms with van der Waals surface area (Å²) in [7, 11) is 1.55. The van der Waals surface area contributed by atoms with Crippen LogP contribution >= 0.6 is 0 Å². The number of ether oxygens (including phenoxy) is 1. The molecular weight excluding hydrogens is 168 g/mol. The number of hydrogen-bond acceptors (Lipinski definition) is 4. The van der Waals surface area contributed by atoms with Crippen LogP contribution in [0.3, 0.4) is 0 Å². The van der Waals surface area contributed by atoms with Crippen molar-refractivity contribution in [2.75, 3.05) is 13.7 Å². The van der Waals surface area contributed by atoms with Gasteiger partial charge in [0.2, 0.25) is 0 Å². The lowest BCUT2D eigenvalue weighted by molar-refractivity contribution is 0.0637. The fraction of sp³-hybridized carbons (Fsp3) is 0.444. The summed E-state index contributed by atoms with van der Waals surface area (Å²) in [5.41, 5.74) is 4.96. The third-order valence-electron chi connectivity index (χ3n) is 1.98. The second-order valence-electron chi connectivity index (χ2n) is 3.05. The van der Waals surface area contributed by atoms with Crippen molar-refractivity contribution in [3.63, 3.8) is 0 Å². The fourth-order valence-electron chi connectivity index (χ4n) is 1.07. The quantitative estimate of drug-likeness (QED) is 0.703. The molecular formula is C9H14N2O2. The van der Waals surface area contributed by atoms with Gasteiger partial charge < -0.3 is 15.6 Å². The Kier molecular flexibility index (Phi) is 2.85. The highest BCUT2D eigenvalue weighted by atomic mass is 16.5. The van der Waals surface area contributed by atoms with Gasteiger partial charge in [-0.15, -0.1) is 0 Å². The highest BCUT2D eigenvalue weighted by Crippen LogP contribution is 2.27. The average Bonchev–Trinajstić information content (AvgIpc) is 2.18. The number of nitrogens with zero attached hydrogens (tertiary/aromatic N) is 1. The Morgan fingerprint density at radius 3 is 2.92 bits per heavy atom. The van der Waals surface area contributed by atoms with Gasteiger partial charge in [0, 0.05) is 24.5 Å². The van der Waals surface area contributed by atoms with Crippen molar-refractivity contribution < 1.29 is 9.84 Å². The van der Waals surface area contributed by atoms with Crippen LogP contribution in [-0.2, 0) is 5.60 Å². The average molecular weight is 182 g/mol. The van der Waals surface area contributed by atoms with Crippen molar-refractivity contribution in [2.45, 2.75) is 12.5 Å². The van der Waals surface area contributed by atoms with E-state index in [9.17, 15) is 5.11 Å². The molecule has 0 aliphatic heterocycles. The summed E-state index contributed by atoms with van der Waals surface area (Å²) in [5, 5.41) is 9.86. The first kappa shape index (κ1) is 9.95. The molecule has 72 valence electrons. The lowest BCUT2D eigenvalue weighted by atomic mass is 9.97. The number of pyridine rings is 1. The van der Waals surface area contributed by atoms with Crippen molar-refractivity contribution in [2.24, 2.45) is 5.73 Å². The lowest BCUT2D eigenvalue weighted by Crippen LogP contribution is -2.31. The van der Waals surface area contributed by atoms with Crippen LogP contribution in [0.15, 0.2) is 18.5 Å². The van der Waals surface area contributed by atoms with E-state index in [-0.39, 0.29) is 6.54 Å². The Hall–Kier alpha value is -1.13. The molecule has 0 bridgehead atoms. The van der Waals surface area contributed by atoms with Gasteiger partial charge in [-0.1, -0.05) is 0 Å². The van der Waals surface area contributed by atoms with E-state index in [2.05, 4.69) is 4.98 Å². The second kappa shape index (κ2) is 3.72. The predicted molar refractivity (Wildman–Crippen MR) is 49.4 cm³/mol. The second-order valence-corrected chi connectivity index (χ2v) is 3.05. The van der Waals surface area contributed by atoms with Crippen LogP contribution in [-0.4, -0.2) is 23.7 Å². The molecule has 3 N–H and O–H groups in total. The first-order valence-corrected chi connectivity index (χ1v) is 4.02. The molecule has 0 amide bonds. The van der Waals surface area contributed by atoms with E-state index in [4.69, 9.17) is 10.5 Å². The molecule has 0 saturated heterocycles. The number of rotatable bonds is 3. The highest BCUT2D eigenvalue weighted by molar-refractivity contribution is 5.34. The number of methoxy groups -OCH3 is 1. The third-order valence-corrected chi connectivity index (χ3v) is 1.98. The molecule has 1 unspecified atom stereocenters. The van der Waals surface area contributed by atoms with Crippen LogP contribution in [0, 0.1) is 0 Å². The molecule has 0 fully saturated rings. The zero-order valence-electron chi connectivity index (χ0n) is 7.82. The molecule has 4 nitrogen and oxygen atoms in total. The Balaban J connectivity index is 3.12. The van der Waals surface area contributed by atoms with Crippen LogP contribution < -0.4 is 10.5 Å². The van der Waals surface area contributed by atoms with Crippen LogP contribution in [0.2, 0.25) is 0 Å². The fourth-order valence-corrected chi connectivity index (χ4v) is 1.07. The number of nitrogens with two attached hydrogens (primary N) is 1. The maximum Gasteiger partial charge on any atom is 0.128 e. The normalized spacial score (nSPS) is 15.1. The van der Waals surface area contributed by atoms with E-state index in [1.54, 1.807) is 32.5 Å². The van der Waals surface area contributed by atoms with Crippen molar-refractivity contribution in [1.29, 1.82) is 0 Å². The van der Waals surface area contributed by atoms with Crippen molar-refractivity contribution in [3.05, 3.63) is 24.0 Å². The Bertz CT molecular complexity index is 287. The zero-order valence-corrected chi connectivity index (χ0v) is 7.82. The molecule has 1 aromatic rings.